The van der Waals surface area contributed by atoms with Crippen molar-refractivity contribution in [2.24, 2.45) is 5.41 Å². The van der Waals surface area contributed by atoms with E-state index >= 15 is 0 Å². The van der Waals surface area contributed by atoms with E-state index in [2.05, 4.69) is 10.4 Å². The van der Waals surface area contributed by atoms with Crippen LogP contribution >= 0.6 is 0 Å². The number of aldehydes is 1. The van der Waals surface area contributed by atoms with E-state index in [1.54, 1.807) is 24.9 Å². The maximum atomic E-state index is 12.8. The average molecular weight is 378 g/mol. The highest BCUT2D eigenvalue weighted by Crippen LogP contribution is 2.37. The molecule has 1 atom stereocenters. The second-order valence-corrected chi connectivity index (χ2v) is 8.04. The molecule has 27 heavy (non-hydrogen) atoms. The molecule has 0 aliphatic carbocycles. The average Bonchev–Trinajstić information content (AvgIpc) is 3.20. The van der Waals surface area contributed by atoms with Gasteiger partial charge < -0.3 is 24.9 Å². The van der Waals surface area contributed by atoms with Gasteiger partial charge in [-0.2, -0.15) is 5.10 Å². The van der Waals surface area contributed by atoms with Gasteiger partial charge in [-0.3, -0.25) is 4.79 Å². The number of nitrogens with one attached hydrogen (secondary N) is 1. The van der Waals surface area contributed by atoms with E-state index in [9.17, 15) is 14.7 Å². The van der Waals surface area contributed by atoms with Crippen molar-refractivity contribution in [3.05, 3.63) is 18.0 Å². The van der Waals surface area contributed by atoms with Crippen LogP contribution in [0.4, 0.5) is 0 Å². The van der Waals surface area contributed by atoms with E-state index in [4.69, 9.17) is 4.74 Å². The lowest BCUT2D eigenvalue weighted by atomic mass is 9.80. The van der Waals surface area contributed by atoms with Crippen LogP contribution in [-0.2, 0) is 20.1 Å². The molecule has 0 saturated carbocycles. The first-order valence-corrected chi connectivity index (χ1v) is 9.68. The zero-order chi connectivity index (χ0) is 19.5. The SMILES string of the molecule is CC(C)(C=O)C(O)(CC(=O)N1CCOCC1)n1ccc(C2CCNCC2)n1. The van der Waals surface area contributed by atoms with Crippen LogP contribution in [0.15, 0.2) is 12.3 Å². The highest BCUT2D eigenvalue weighted by molar-refractivity contribution is 5.78. The maximum Gasteiger partial charge on any atom is 0.227 e. The van der Waals surface area contributed by atoms with Crippen LogP contribution in [0.25, 0.3) is 0 Å². The number of carbonyl (C=O) groups is 2. The van der Waals surface area contributed by atoms with Gasteiger partial charge >= 0.3 is 0 Å². The molecule has 0 radical (unpaired) electrons. The van der Waals surface area contributed by atoms with Crippen LogP contribution in [0.2, 0.25) is 0 Å². The zero-order valence-corrected chi connectivity index (χ0v) is 16.2. The van der Waals surface area contributed by atoms with Crippen LogP contribution in [0.3, 0.4) is 0 Å². The Hall–Kier alpha value is -1.77. The number of hydrogen-bond acceptors (Lipinski definition) is 6. The van der Waals surface area contributed by atoms with E-state index in [1.807, 2.05) is 6.07 Å². The largest absolute Gasteiger partial charge is 0.378 e. The van der Waals surface area contributed by atoms with Gasteiger partial charge in [0.15, 0.2) is 5.72 Å². The van der Waals surface area contributed by atoms with Gasteiger partial charge in [0.2, 0.25) is 5.91 Å². The maximum absolute atomic E-state index is 12.8. The van der Waals surface area contributed by atoms with E-state index in [1.165, 1.54) is 4.68 Å². The summed E-state index contributed by atoms with van der Waals surface area (Å²) in [7, 11) is 0. The van der Waals surface area contributed by atoms with Gasteiger partial charge in [-0.25, -0.2) is 4.68 Å². The Balaban J connectivity index is 1.85. The molecule has 0 aromatic carbocycles. The minimum absolute atomic E-state index is 0.199. The summed E-state index contributed by atoms with van der Waals surface area (Å²) < 4.78 is 6.70. The lowest BCUT2D eigenvalue weighted by molar-refractivity contribution is -0.172. The molecular weight excluding hydrogens is 348 g/mol. The smallest absolute Gasteiger partial charge is 0.227 e. The Kier molecular flexibility index (Phi) is 5.98. The quantitative estimate of drug-likeness (QED) is 0.699. The third-order valence-corrected chi connectivity index (χ3v) is 5.83. The molecule has 2 N–H and O–H groups in total. The minimum atomic E-state index is -1.73. The molecule has 1 amide bonds. The van der Waals surface area contributed by atoms with Crippen molar-refractivity contribution < 1.29 is 19.4 Å². The summed E-state index contributed by atoms with van der Waals surface area (Å²) in [5.41, 5.74) is -2.00. The summed E-state index contributed by atoms with van der Waals surface area (Å²) in [6, 6.07) is 1.89. The molecule has 0 spiro atoms. The van der Waals surface area contributed by atoms with Gasteiger partial charge in [-0.15, -0.1) is 0 Å². The van der Waals surface area contributed by atoms with Crippen LogP contribution < -0.4 is 5.32 Å². The molecule has 3 rings (SSSR count). The number of morpholine rings is 1. The fourth-order valence-corrected chi connectivity index (χ4v) is 3.71. The first kappa shape index (κ1) is 20.0. The molecule has 150 valence electrons. The van der Waals surface area contributed by atoms with Crippen molar-refractivity contribution in [1.82, 2.24) is 20.0 Å². The van der Waals surface area contributed by atoms with Gasteiger partial charge in [0, 0.05) is 25.2 Å². The molecule has 1 aromatic rings. The number of ether oxygens (including phenoxy) is 1. The lowest BCUT2D eigenvalue weighted by Crippen LogP contribution is -2.53. The molecule has 1 unspecified atom stereocenters. The molecule has 3 heterocycles. The molecule has 2 aliphatic heterocycles. The van der Waals surface area contributed by atoms with Gasteiger partial charge in [-0.1, -0.05) is 0 Å². The predicted molar refractivity (Wildman–Crippen MR) is 99.1 cm³/mol. The van der Waals surface area contributed by atoms with E-state index in [0.29, 0.717) is 38.5 Å². The molecule has 2 saturated heterocycles. The Bertz CT molecular complexity index is 662. The van der Waals surface area contributed by atoms with Gasteiger partial charge in [-0.05, 0) is 45.8 Å². The monoisotopic (exact) mass is 378 g/mol. The van der Waals surface area contributed by atoms with Gasteiger partial charge in [0.25, 0.3) is 0 Å². The van der Waals surface area contributed by atoms with Crippen LogP contribution in [-0.4, -0.2) is 71.4 Å². The standard InChI is InChI=1S/C19H30N4O4/c1-18(2,14-24)19(26,13-17(25)22-9-11-27-12-10-22)23-8-5-16(21-23)15-3-6-20-7-4-15/h5,8,14-15,20,26H,3-4,6-7,9-13H2,1-2H3. The second-order valence-electron chi connectivity index (χ2n) is 8.04. The van der Waals surface area contributed by atoms with Crippen LogP contribution in [0.5, 0.6) is 0 Å². The molecule has 1 aromatic heterocycles. The Morgan fingerprint density at radius 2 is 2.04 bits per heavy atom. The summed E-state index contributed by atoms with van der Waals surface area (Å²) in [6.45, 7) is 7.13. The summed E-state index contributed by atoms with van der Waals surface area (Å²) in [5, 5.41) is 19.4. The number of rotatable bonds is 6. The Morgan fingerprint density at radius 3 is 2.67 bits per heavy atom. The molecule has 8 heteroatoms. The third kappa shape index (κ3) is 4.07. The number of aromatic nitrogens is 2. The fourth-order valence-electron chi connectivity index (χ4n) is 3.71. The molecule has 2 fully saturated rings. The topological polar surface area (TPSA) is 96.7 Å². The normalized spacial score (nSPS) is 21.7. The van der Waals surface area contributed by atoms with E-state index < -0.39 is 11.1 Å². The van der Waals surface area contributed by atoms with Crippen LogP contribution in [0, 0.1) is 5.41 Å². The summed E-state index contributed by atoms with van der Waals surface area (Å²) in [4.78, 5) is 26.2. The van der Waals surface area contributed by atoms with Gasteiger partial charge in [0.05, 0.1) is 30.7 Å². The van der Waals surface area contributed by atoms with Crippen molar-refractivity contribution in [3.63, 3.8) is 0 Å². The molecule has 8 nitrogen and oxygen atoms in total. The highest BCUT2D eigenvalue weighted by Gasteiger charge is 2.48. The molecule has 0 bridgehead atoms. The summed E-state index contributed by atoms with van der Waals surface area (Å²) in [5.74, 6) is 0.126. The fraction of sp³-hybridized carbons (Fsp3) is 0.737. The van der Waals surface area contributed by atoms with E-state index in [-0.39, 0.29) is 12.3 Å². The van der Waals surface area contributed by atoms with Crippen molar-refractivity contribution in [1.29, 1.82) is 0 Å². The van der Waals surface area contributed by atoms with Crippen molar-refractivity contribution in [2.75, 3.05) is 39.4 Å². The molecular formula is C19H30N4O4. The van der Waals surface area contributed by atoms with E-state index in [0.717, 1.165) is 31.6 Å². The zero-order valence-electron chi connectivity index (χ0n) is 16.2. The Morgan fingerprint density at radius 1 is 1.37 bits per heavy atom. The number of nitrogens with zero attached hydrogens (tertiary/aromatic N) is 3. The summed E-state index contributed by atoms with van der Waals surface area (Å²) >= 11 is 0. The van der Waals surface area contributed by atoms with Crippen molar-refractivity contribution >= 4 is 12.2 Å². The second kappa shape index (κ2) is 8.08. The number of carbonyl (C=O) groups excluding carboxylic acids is 2. The minimum Gasteiger partial charge on any atom is -0.378 e. The number of piperidine rings is 1. The lowest BCUT2D eigenvalue weighted by Gasteiger charge is -2.40. The Labute approximate surface area is 159 Å². The summed E-state index contributed by atoms with van der Waals surface area (Å²) in [6.07, 6.45) is 4.16. The number of aliphatic hydroxyl groups is 1. The predicted octanol–water partition coefficient (Wildman–Crippen LogP) is 0.469. The van der Waals surface area contributed by atoms with Gasteiger partial charge in [0.1, 0.15) is 6.29 Å². The number of hydrogen-bond donors (Lipinski definition) is 2. The number of amides is 1. The highest BCUT2D eigenvalue weighted by atomic mass is 16.5. The van der Waals surface area contributed by atoms with Crippen LogP contribution in [0.1, 0.15) is 44.7 Å². The van der Waals surface area contributed by atoms with Crippen molar-refractivity contribution in [3.8, 4) is 0 Å². The first-order valence-electron chi connectivity index (χ1n) is 9.68. The third-order valence-electron chi connectivity index (χ3n) is 5.83. The van der Waals surface area contributed by atoms with Crippen molar-refractivity contribution in [2.45, 2.75) is 44.8 Å². The molecule has 2 aliphatic rings. The first-order chi connectivity index (χ1) is 12.9.